The lowest BCUT2D eigenvalue weighted by Gasteiger charge is -2.09. The number of nitriles is 3. The van der Waals surface area contributed by atoms with Crippen LogP contribution >= 0.6 is 23.2 Å². The number of aryl methyl sites for hydroxylation is 1. The largest absolute Gasteiger partial charge is 0.344 e. The summed E-state index contributed by atoms with van der Waals surface area (Å²) in [6, 6.07) is 8.17. The van der Waals surface area contributed by atoms with Gasteiger partial charge in [-0.2, -0.15) is 15.8 Å². The molecule has 0 saturated carbocycles. The van der Waals surface area contributed by atoms with Gasteiger partial charge in [0.15, 0.2) is 5.57 Å². The molecule has 0 radical (unpaired) electrons. The van der Waals surface area contributed by atoms with Gasteiger partial charge in [-0.1, -0.05) is 23.2 Å². The molecule has 1 aromatic rings. The zero-order valence-corrected chi connectivity index (χ0v) is 10.8. The van der Waals surface area contributed by atoms with Gasteiger partial charge in [-0.3, -0.25) is 0 Å². The Morgan fingerprint density at radius 1 is 1.06 bits per heavy atom. The zero-order valence-electron chi connectivity index (χ0n) is 9.25. The third-order valence-electron chi connectivity index (χ3n) is 2.09. The maximum Gasteiger partial charge on any atom is 0.163 e. The maximum atomic E-state index is 8.89. The normalized spacial score (nSPS) is 8.67. The van der Waals surface area contributed by atoms with E-state index in [-0.39, 0.29) is 11.3 Å². The van der Waals surface area contributed by atoms with E-state index in [9.17, 15) is 0 Å². The number of benzene rings is 1. The van der Waals surface area contributed by atoms with Gasteiger partial charge in [-0.15, -0.1) is 0 Å². The third-order valence-corrected chi connectivity index (χ3v) is 2.81. The van der Waals surface area contributed by atoms with Crippen LogP contribution in [0.15, 0.2) is 23.4 Å². The van der Waals surface area contributed by atoms with Crippen LogP contribution in [0.25, 0.3) is 0 Å². The summed E-state index contributed by atoms with van der Waals surface area (Å²) >= 11 is 11.8. The van der Waals surface area contributed by atoms with Gasteiger partial charge < -0.3 is 5.32 Å². The lowest BCUT2D eigenvalue weighted by Crippen LogP contribution is -2.01. The molecule has 0 spiro atoms. The Labute approximate surface area is 114 Å². The molecule has 0 unspecified atom stereocenters. The van der Waals surface area contributed by atoms with E-state index in [4.69, 9.17) is 39.0 Å². The summed E-state index contributed by atoms with van der Waals surface area (Å²) in [5.41, 5.74) is 0.722. The summed E-state index contributed by atoms with van der Waals surface area (Å²) in [7, 11) is 0. The Bertz CT molecular complexity index is 626. The minimum atomic E-state index is -0.304. The van der Waals surface area contributed by atoms with Crippen molar-refractivity contribution < 1.29 is 0 Å². The number of anilines is 1. The smallest absolute Gasteiger partial charge is 0.163 e. The van der Waals surface area contributed by atoms with E-state index < -0.39 is 0 Å². The molecule has 0 bridgehead atoms. The fourth-order valence-corrected chi connectivity index (χ4v) is 1.60. The monoisotopic (exact) mass is 276 g/mol. The fraction of sp³-hybridized carbons (Fsp3) is 0.0833. The summed E-state index contributed by atoms with van der Waals surface area (Å²) < 4.78 is 0. The summed E-state index contributed by atoms with van der Waals surface area (Å²) in [6.45, 7) is 1.77. The molecule has 0 aliphatic heterocycles. The Hall–Kier alpha value is -2.19. The van der Waals surface area contributed by atoms with Crippen LogP contribution in [0.1, 0.15) is 5.56 Å². The zero-order chi connectivity index (χ0) is 13.7. The highest BCUT2D eigenvalue weighted by Gasteiger charge is 2.10. The molecule has 4 nitrogen and oxygen atoms in total. The molecule has 0 heterocycles. The molecule has 0 saturated heterocycles. The van der Waals surface area contributed by atoms with Gasteiger partial charge in [0, 0.05) is 5.02 Å². The second-order valence-corrected chi connectivity index (χ2v) is 4.11. The number of nitrogens with one attached hydrogen (secondary N) is 1. The summed E-state index contributed by atoms with van der Waals surface area (Å²) in [5, 5.41) is 29.7. The summed E-state index contributed by atoms with van der Waals surface area (Å²) in [5.74, 6) is 0. The first kappa shape index (κ1) is 13.9. The van der Waals surface area contributed by atoms with Crippen molar-refractivity contribution in [2.75, 3.05) is 5.32 Å². The van der Waals surface area contributed by atoms with Gasteiger partial charge in [0.1, 0.15) is 23.9 Å². The predicted molar refractivity (Wildman–Crippen MR) is 68.7 cm³/mol. The van der Waals surface area contributed by atoms with Gasteiger partial charge in [-0.05, 0) is 24.6 Å². The van der Waals surface area contributed by atoms with Crippen molar-refractivity contribution >= 4 is 28.9 Å². The summed E-state index contributed by atoms with van der Waals surface area (Å²) in [6.07, 6.45) is 0. The second kappa shape index (κ2) is 5.94. The molecule has 18 heavy (non-hydrogen) atoms. The molecule has 1 rings (SSSR count). The van der Waals surface area contributed by atoms with Crippen molar-refractivity contribution in [3.05, 3.63) is 39.0 Å². The Kier molecular flexibility index (Phi) is 4.58. The van der Waals surface area contributed by atoms with Crippen molar-refractivity contribution in [2.24, 2.45) is 0 Å². The van der Waals surface area contributed by atoms with Gasteiger partial charge >= 0.3 is 0 Å². The average molecular weight is 277 g/mol. The van der Waals surface area contributed by atoms with Crippen molar-refractivity contribution in [1.82, 2.24) is 0 Å². The topological polar surface area (TPSA) is 83.4 Å². The van der Waals surface area contributed by atoms with Crippen molar-refractivity contribution in [1.29, 1.82) is 15.8 Å². The molecule has 0 atom stereocenters. The molecule has 0 amide bonds. The van der Waals surface area contributed by atoms with E-state index in [0.717, 1.165) is 5.56 Å². The van der Waals surface area contributed by atoms with Gasteiger partial charge in [0.2, 0.25) is 0 Å². The van der Waals surface area contributed by atoms with Crippen LogP contribution in [0.4, 0.5) is 5.69 Å². The minimum Gasteiger partial charge on any atom is -0.344 e. The van der Waals surface area contributed by atoms with Crippen molar-refractivity contribution in [2.45, 2.75) is 6.92 Å². The van der Waals surface area contributed by atoms with Crippen molar-refractivity contribution in [3.8, 4) is 18.2 Å². The van der Waals surface area contributed by atoms with E-state index in [1.165, 1.54) is 6.07 Å². The molecule has 1 aromatic carbocycles. The van der Waals surface area contributed by atoms with Crippen molar-refractivity contribution in [3.63, 3.8) is 0 Å². The number of nitrogens with zero attached hydrogens (tertiary/aromatic N) is 3. The van der Waals surface area contributed by atoms with Crippen LogP contribution in [0, 0.1) is 40.9 Å². The maximum absolute atomic E-state index is 8.89. The van der Waals surface area contributed by atoms with Crippen LogP contribution in [-0.2, 0) is 0 Å². The Morgan fingerprint density at radius 3 is 2.17 bits per heavy atom. The predicted octanol–water partition coefficient (Wildman–Crippen LogP) is 3.54. The molecule has 6 heteroatoms. The van der Waals surface area contributed by atoms with E-state index in [1.54, 1.807) is 31.2 Å². The molecule has 88 valence electrons. The molecular formula is C12H6Cl2N4. The van der Waals surface area contributed by atoms with E-state index >= 15 is 0 Å². The lowest BCUT2D eigenvalue weighted by atomic mass is 10.2. The quantitative estimate of drug-likeness (QED) is 0.838. The average Bonchev–Trinajstić information content (AvgIpc) is 2.35. The van der Waals surface area contributed by atoms with E-state index in [1.807, 2.05) is 0 Å². The van der Waals surface area contributed by atoms with E-state index in [0.29, 0.717) is 15.7 Å². The van der Waals surface area contributed by atoms with Gasteiger partial charge in [-0.25, -0.2) is 0 Å². The minimum absolute atomic E-state index is 0.149. The first-order valence-electron chi connectivity index (χ1n) is 4.70. The Balaban J connectivity index is 3.26. The van der Waals surface area contributed by atoms with Gasteiger partial charge in [0.25, 0.3) is 0 Å². The highest BCUT2D eigenvalue weighted by molar-refractivity contribution is 6.36. The summed E-state index contributed by atoms with van der Waals surface area (Å²) in [4.78, 5) is 0. The number of allylic oxidation sites excluding steroid dienone is 2. The van der Waals surface area contributed by atoms with Crippen LogP contribution in [0.3, 0.4) is 0 Å². The highest BCUT2D eigenvalue weighted by atomic mass is 35.5. The van der Waals surface area contributed by atoms with Gasteiger partial charge in [0.05, 0.1) is 10.7 Å². The lowest BCUT2D eigenvalue weighted by molar-refractivity contribution is 1.36. The standard InChI is InChI=1S/C12H6Cl2N4/c1-7-2-11(10(14)3-9(7)13)18-12(6-17)8(4-15)5-16/h2-3,18H,1H3. The molecule has 0 aromatic heterocycles. The highest BCUT2D eigenvalue weighted by Crippen LogP contribution is 2.29. The van der Waals surface area contributed by atoms with E-state index in [2.05, 4.69) is 5.32 Å². The second-order valence-electron chi connectivity index (χ2n) is 3.29. The SMILES string of the molecule is Cc1cc(NC(C#N)=C(C#N)C#N)c(Cl)cc1Cl. The number of rotatable bonds is 2. The van der Waals surface area contributed by atoms with Crippen LogP contribution in [0.5, 0.6) is 0 Å². The number of halogens is 2. The molecule has 0 fully saturated rings. The molecular weight excluding hydrogens is 271 g/mol. The third kappa shape index (κ3) is 2.93. The molecule has 1 N–H and O–H groups in total. The molecule has 0 aliphatic rings. The fourth-order valence-electron chi connectivity index (χ4n) is 1.17. The van der Waals surface area contributed by atoms with Crippen LogP contribution < -0.4 is 5.32 Å². The first-order chi connectivity index (χ1) is 8.53. The molecule has 0 aliphatic carbocycles. The number of hydrogen-bond donors (Lipinski definition) is 1. The first-order valence-corrected chi connectivity index (χ1v) is 5.46. The Morgan fingerprint density at radius 2 is 1.67 bits per heavy atom. The van der Waals surface area contributed by atoms with Crippen LogP contribution in [0.2, 0.25) is 10.0 Å². The van der Waals surface area contributed by atoms with Crippen LogP contribution in [-0.4, -0.2) is 0 Å². The number of hydrogen-bond acceptors (Lipinski definition) is 4.